The van der Waals surface area contributed by atoms with Crippen molar-refractivity contribution in [3.8, 4) is 0 Å². The summed E-state index contributed by atoms with van der Waals surface area (Å²) in [5, 5.41) is 19.7. The Kier molecular flexibility index (Phi) is 2.84. The smallest absolute Gasteiger partial charge is 0.311 e. The maximum atomic E-state index is 10.9. The van der Waals surface area contributed by atoms with Gasteiger partial charge in [-0.25, -0.2) is 0 Å². The van der Waals surface area contributed by atoms with Crippen molar-refractivity contribution in [1.29, 1.82) is 0 Å². The summed E-state index contributed by atoms with van der Waals surface area (Å²) in [6.45, 7) is 1.78. The highest BCUT2D eigenvalue weighted by atomic mass is 16.5. The maximum absolute atomic E-state index is 10.9. The molecular weight excluding hydrogens is 170 g/mol. The molecule has 1 aromatic heterocycles. The van der Waals surface area contributed by atoms with Gasteiger partial charge in [0.15, 0.2) is 12.4 Å². The Morgan fingerprint density at radius 3 is 2.92 bits per heavy atom. The molecule has 1 atom stereocenters. The van der Waals surface area contributed by atoms with E-state index >= 15 is 0 Å². The van der Waals surface area contributed by atoms with Crippen LogP contribution in [0.5, 0.6) is 0 Å². The average molecular weight is 181 g/mol. The zero-order valence-corrected chi connectivity index (χ0v) is 7.30. The number of pyridine rings is 1. The Bertz CT molecular complexity index is 311. The van der Waals surface area contributed by atoms with Gasteiger partial charge in [0.2, 0.25) is 0 Å². The van der Waals surface area contributed by atoms with Crippen molar-refractivity contribution >= 4 is 5.97 Å². The van der Waals surface area contributed by atoms with Crippen LogP contribution in [-0.4, -0.2) is 11.1 Å². The number of hydrogen-bond donors (Lipinski definition) is 1. The number of hydrogen-bond acceptors (Lipinski definition) is 2. The Balaban J connectivity index is 2.98. The SMILES string of the molecule is CCC(C(=O)O)c1ccc[n+]([O-])c1. The molecule has 4 heteroatoms. The molecule has 0 bridgehead atoms. The predicted octanol–water partition coefficient (Wildman–Crippen LogP) is 0.898. The van der Waals surface area contributed by atoms with E-state index in [1.54, 1.807) is 19.1 Å². The van der Waals surface area contributed by atoms with Crippen molar-refractivity contribution in [1.82, 2.24) is 0 Å². The summed E-state index contributed by atoms with van der Waals surface area (Å²) in [6, 6.07) is 3.20. The number of aliphatic carboxylic acids is 1. The van der Waals surface area contributed by atoms with Crippen molar-refractivity contribution < 1.29 is 14.6 Å². The molecule has 0 amide bonds. The first kappa shape index (κ1) is 9.51. The molecule has 0 aliphatic heterocycles. The normalized spacial score (nSPS) is 12.4. The van der Waals surface area contributed by atoms with Gasteiger partial charge in [-0.1, -0.05) is 6.92 Å². The lowest BCUT2D eigenvalue weighted by Gasteiger charge is -2.08. The van der Waals surface area contributed by atoms with E-state index in [0.29, 0.717) is 16.7 Å². The van der Waals surface area contributed by atoms with Crippen LogP contribution in [-0.2, 0) is 4.79 Å². The van der Waals surface area contributed by atoms with Crippen LogP contribution in [0.25, 0.3) is 0 Å². The van der Waals surface area contributed by atoms with E-state index in [1.165, 1.54) is 12.4 Å². The van der Waals surface area contributed by atoms with Gasteiger partial charge in [-0.2, -0.15) is 4.73 Å². The second kappa shape index (κ2) is 3.89. The van der Waals surface area contributed by atoms with E-state index in [-0.39, 0.29) is 0 Å². The fourth-order valence-electron chi connectivity index (χ4n) is 1.23. The number of aromatic nitrogens is 1. The summed E-state index contributed by atoms with van der Waals surface area (Å²) in [4.78, 5) is 10.7. The molecule has 0 saturated heterocycles. The number of carboxylic acid groups (broad SMARTS) is 1. The van der Waals surface area contributed by atoms with Crippen LogP contribution in [0.2, 0.25) is 0 Å². The number of carboxylic acids is 1. The van der Waals surface area contributed by atoms with Gasteiger partial charge in [0, 0.05) is 11.6 Å². The quantitative estimate of drug-likeness (QED) is 0.556. The molecule has 1 heterocycles. The lowest BCUT2D eigenvalue weighted by Crippen LogP contribution is -2.26. The molecule has 4 nitrogen and oxygen atoms in total. The van der Waals surface area contributed by atoms with Gasteiger partial charge in [0.1, 0.15) is 0 Å². The highest BCUT2D eigenvalue weighted by Crippen LogP contribution is 2.17. The fourth-order valence-corrected chi connectivity index (χ4v) is 1.23. The second-order valence-electron chi connectivity index (χ2n) is 2.80. The van der Waals surface area contributed by atoms with Gasteiger partial charge in [-0.05, 0) is 12.5 Å². The summed E-state index contributed by atoms with van der Waals surface area (Å²) >= 11 is 0. The summed E-state index contributed by atoms with van der Waals surface area (Å²) < 4.78 is 0.612. The van der Waals surface area contributed by atoms with E-state index in [0.717, 1.165) is 0 Å². The van der Waals surface area contributed by atoms with Gasteiger partial charge in [-0.3, -0.25) is 4.79 Å². The van der Waals surface area contributed by atoms with Crippen molar-refractivity contribution in [2.45, 2.75) is 19.3 Å². The minimum absolute atomic E-state index is 0.485. The number of rotatable bonds is 3. The molecule has 0 aliphatic carbocycles. The Morgan fingerprint density at radius 1 is 1.77 bits per heavy atom. The largest absolute Gasteiger partial charge is 0.619 e. The summed E-state index contributed by atoms with van der Waals surface area (Å²) in [7, 11) is 0. The molecule has 70 valence electrons. The Labute approximate surface area is 76.0 Å². The van der Waals surface area contributed by atoms with Crippen molar-refractivity contribution in [2.24, 2.45) is 0 Å². The number of carbonyl (C=O) groups is 1. The molecule has 1 N–H and O–H groups in total. The first-order valence-electron chi connectivity index (χ1n) is 4.06. The van der Waals surface area contributed by atoms with E-state index in [2.05, 4.69) is 0 Å². The molecule has 0 spiro atoms. The third-order valence-electron chi connectivity index (χ3n) is 1.91. The van der Waals surface area contributed by atoms with Crippen molar-refractivity contribution in [2.75, 3.05) is 0 Å². The minimum atomic E-state index is -0.895. The van der Waals surface area contributed by atoms with Crippen LogP contribution in [0, 0.1) is 5.21 Å². The molecule has 0 radical (unpaired) electrons. The molecule has 1 rings (SSSR count). The van der Waals surface area contributed by atoms with Crippen LogP contribution in [0.1, 0.15) is 24.8 Å². The second-order valence-corrected chi connectivity index (χ2v) is 2.80. The van der Waals surface area contributed by atoms with Gasteiger partial charge < -0.3 is 10.3 Å². The van der Waals surface area contributed by atoms with E-state index < -0.39 is 11.9 Å². The highest BCUT2D eigenvalue weighted by molar-refractivity contribution is 5.75. The summed E-state index contributed by atoms with van der Waals surface area (Å²) in [5.74, 6) is -1.48. The zero-order valence-electron chi connectivity index (χ0n) is 7.30. The highest BCUT2D eigenvalue weighted by Gasteiger charge is 2.19. The predicted molar refractivity (Wildman–Crippen MR) is 46.1 cm³/mol. The van der Waals surface area contributed by atoms with Crippen LogP contribution in [0.4, 0.5) is 0 Å². The third-order valence-corrected chi connectivity index (χ3v) is 1.91. The minimum Gasteiger partial charge on any atom is -0.619 e. The van der Waals surface area contributed by atoms with Crippen molar-refractivity contribution in [3.05, 3.63) is 35.3 Å². The fraction of sp³-hybridized carbons (Fsp3) is 0.333. The average Bonchev–Trinajstić information content (AvgIpc) is 2.04. The molecule has 1 unspecified atom stereocenters. The van der Waals surface area contributed by atoms with Crippen LogP contribution < -0.4 is 4.73 Å². The van der Waals surface area contributed by atoms with E-state index in [4.69, 9.17) is 5.11 Å². The van der Waals surface area contributed by atoms with Crippen LogP contribution >= 0.6 is 0 Å². The van der Waals surface area contributed by atoms with Gasteiger partial charge >= 0.3 is 5.97 Å². The Hall–Kier alpha value is -1.58. The molecule has 0 aliphatic rings. The Morgan fingerprint density at radius 2 is 2.46 bits per heavy atom. The third kappa shape index (κ3) is 2.18. The van der Waals surface area contributed by atoms with E-state index in [1.807, 2.05) is 0 Å². The van der Waals surface area contributed by atoms with Gasteiger partial charge in [0.25, 0.3) is 0 Å². The molecule has 0 fully saturated rings. The first-order chi connectivity index (χ1) is 6.15. The molecular formula is C9H11NO3. The molecule has 0 saturated carbocycles. The van der Waals surface area contributed by atoms with Crippen LogP contribution in [0.15, 0.2) is 24.5 Å². The van der Waals surface area contributed by atoms with Crippen LogP contribution in [0.3, 0.4) is 0 Å². The lowest BCUT2D eigenvalue weighted by molar-refractivity contribution is -0.605. The summed E-state index contributed by atoms with van der Waals surface area (Å²) in [5.41, 5.74) is 0.549. The molecule has 1 aromatic rings. The zero-order chi connectivity index (χ0) is 9.84. The monoisotopic (exact) mass is 181 g/mol. The maximum Gasteiger partial charge on any atom is 0.311 e. The topological polar surface area (TPSA) is 64.2 Å². The van der Waals surface area contributed by atoms with Gasteiger partial charge in [0.05, 0.1) is 5.92 Å². The van der Waals surface area contributed by atoms with Crippen molar-refractivity contribution in [3.63, 3.8) is 0 Å². The molecule has 0 aromatic carbocycles. The number of nitrogens with zero attached hydrogens (tertiary/aromatic N) is 1. The summed E-state index contributed by atoms with van der Waals surface area (Å²) in [6.07, 6.45) is 3.11. The van der Waals surface area contributed by atoms with E-state index in [9.17, 15) is 10.0 Å². The standard InChI is InChI=1S/C9H11NO3/c1-2-8(9(11)12)7-4-3-5-10(13)6-7/h3-6,8H,2H2,1H3,(H,11,12). The lowest BCUT2D eigenvalue weighted by atomic mass is 9.99. The molecule has 13 heavy (non-hydrogen) atoms. The first-order valence-corrected chi connectivity index (χ1v) is 4.06. The van der Waals surface area contributed by atoms with Gasteiger partial charge in [-0.15, -0.1) is 0 Å².